The Balaban J connectivity index is 1.52. The Hall–Kier alpha value is -3.58. The first kappa shape index (κ1) is 26.5. The Morgan fingerprint density at radius 2 is 1.97 bits per heavy atom. The number of aromatic nitrogens is 2. The first-order valence-corrected chi connectivity index (χ1v) is 12.2. The maximum atomic E-state index is 10.7. The highest BCUT2D eigenvalue weighted by molar-refractivity contribution is 5.79. The average molecular weight is 515 g/mol. The Bertz CT molecular complexity index is 1200. The van der Waals surface area contributed by atoms with Crippen molar-refractivity contribution in [3.05, 3.63) is 48.0 Å². The number of rotatable bonds is 12. The second-order valence-corrected chi connectivity index (χ2v) is 8.63. The molecule has 0 radical (unpaired) electrons. The molecule has 4 atom stereocenters. The third-order valence-corrected chi connectivity index (χ3v) is 6.02. The molecule has 0 aliphatic carbocycles. The van der Waals surface area contributed by atoms with Crippen molar-refractivity contribution < 1.29 is 29.5 Å². The number of hydrogen-bond acceptors (Lipinski definition) is 9. The highest BCUT2D eigenvalue weighted by Crippen LogP contribution is 2.35. The Morgan fingerprint density at radius 3 is 2.70 bits per heavy atom. The number of para-hydroxylation sites is 2. The predicted octanol–water partition coefficient (Wildman–Crippen LogP) is 0.911. The minimum Gasteiger partial charge on any atom is -0.490 e. The van der Waals surface area contributed by atoms with Gasteiger partial charge in [0, 0.05) is 13.1 Å². The van der Waals surface area contributed by atoms with E-state index in [0.717, 1.165) is 11.1 Å². The fourth-order valence-electron chi connectivity index (χ4n) is 4.23. The molecule has 0 unspecified atom stereocenters. The molecule has 0 spiro atoms. The molecule has 1 aliphatic rings. The van der Waals surface area contributed by atoms with Crippen molar-refractivity contribution in [2.24, 2.45) is 5.73 Å². The van der Waals surface area contributed by atoms with Gasteiger partial charge in [0.15, 0.2) is 23.7 Å². The summed E-state index contributed by atoms with van der Waals surface area (Å²) in [7, 11) is 0. The number of aliphatic hydroxyl groups excluding tert-OH is 3. The summed E-state index contributed by atoms with van der Waals surface area (Å²) in [4.78, 5) is 4.66. The maximum absolute atomic E-state index is 10.7. The fourth-order valence-corrected chi connectivity index (χ4v) is 4.23. The van der Waals surface area contributed by atoms with Crippen molar-refractivity contribution >= 4 is 22.9 Å². The normalized spacial score (nSPS) is 21.2. The highest BCUT2D eigenvalue weighted by atomic mass is 16.6. The summed E-state index contributed by atoms with van der Waals surface area (Å²) in [6, 6.07) is 13.1. The molecule has 200 valence electrons. The molecule has 0 saturated carbocycles. The van der Waals surface area contributed by atoms with E-state index in [0.29, 0.717) is 55.7 Å². The average Bonchev–Trinajstić information content (AvgIpc) is 3.39. The van der Waals surface area contributed by atoms with Crippen LogP contribution in [0.4, 0.5) is 5.95 Å². The van der Waals surface area contributed by atoms with Crippen LogP contribution in [0.15, 0.2) is 42.5 Å². The second kappa shape index (κ2) is 12.1. The van der Waals surface area contributed by atoms with Crippen LogP contribution in [0.2, 0.25) is 0 Å². The van der Waals surface area contributed by atoms with Gasteiger partial charge in [0.2, 0.25) is 5.95 Å². The van der Waals surface area contributed by atoms with Gasteiger partial charge in [-0.25, -0.2) is 4.98 Å². The Kier molecular flexibility index (Phi) is 8.66. The smallest absolute Gasteiger partial charge is 0.206 e. The SMILES string of the molecule is CCOc1ccc(CNc2nc3ccccc3n2[C@@H]2O[C@H](CO)[C@@H](O)[C@H]2O)cc1OCCCNC(=N)N. The van der Waals surface area contributed by atoms with Gasteiger partial charge in [-0.1, -0.05) is 18.2 Å². The van der Waals surface area contributed by atoms with Crippen molar-refractivity contribution in [2.75, 3.05) is 31.7 Å². The lowest BCUT2D eigenvalue weighted by molar-refractivity contribution is -0.0499. The van der Waals surface area contributed by atoms with Crippen LogP contribution in [0.3, 0.4) is 0 Å². The summed E-state index contributed by atoms with van der Waals surface area (Å²) in [6.07, 6.45) is -3.63. The van der Waals surface area contributed by atoms with Crippen LogP contribution in [0, 0.1) is 5.41 Å². The standard InChI is InChI=1S/C25H34N6O6/c1-2-35-18-9-8-15(12-19(18)36-11-5-10-28-24(26)27)13-29-25-30-16-6-3-4-7-17(16)31(25)23-22(34)21(33)20(14-32)37-23/h3-4,6-9,12,20-23,32-34H,2,5,10-11,13-14H2,1H3,(H,29,30)(H4,26,27,28)/t20-,21-,22-,23-/m1/s1. The van der Waals surface area contributed by atoms with E-state index >= 15 is 0 Å². The van der Waals surface area contributed by atoms with Crippen LogP contribution >= 0.6 is 0 Å². The summed E-state index contributed by atoms with van der Waals surface area (Å²) in [6.45, 7) is 3.30. The van der Waals surface area contributed by atoms with E-state index in [1.54, 1.807) is 4.57 Å². The number of fused-ring (bicyclic) bond motifs is 1. The fraction of sp³-hybridized carbons (Fsp3) is 0.440. The Labute approximate surface area is 214 Å². The van der Waals surface area contributed by atoms with Gasteiger partial charge in [0.1, 0.15) is 18.3 Å². The first-order valence-electron chi connectivity index (χ1n) is 12.2. The van der Waals surface area contributed by atoms with Crippen molar-refractivity contribution in [1.82, 2.24) is 14.9 Å². The topological polar surface area (TPSA) is 180 Å². The van der Waals surface area contributed by atoms with Gasteiger partial charge in [0.05, 0.1) is 30.9 Å². The van der Waals surface area contributed by atoms with Gasteiger partial charge in [-0.2, -0.15) is 0 Å². The second-order valence-electron chi connectivity index (χ2n) is 8.63. The van der Waals surface area contributed by atoms with Crippen molar-refractivity contribution in [2.45, 2.75) is 44.4 Å². The van der Waals surface area contributed by atoms with E-state index in [1.807, 2.05) is 49.4 Å². The largest absolute Gasteiger partial charge is 0.490 e. The van der Waals surface area contributed by atoms with Gasteiger partial charge in [-0.3, -0.25) is 9.98 Å². The molecule has 12 nitrogen and oxygen atoms in total. The maximum Gasteiger partial charge on any atom is 0.206 e. The van der Waals surface area contributed by atoms with E-state index in [4.69, 9.17) is 25.4 Å². The number of anilines is 1. The minimum atomic E-state index is -1.24. The van der Waals surface area contributed by atoms with E-state index in [2.05, 4.69) is 15.6 Å². The molecule has 0 bridgehead atoms. The molecule has 1 saturated heterocycles. The molecule has 4 rings (SSSR count). The number of imidazole rings is 1. The highest BCUT2D eigenvalue weighted by Gasteiger charge is 2.44. The van der Waals surface area contributed by atoms with Crippen LogP contribution in [-0.2, 0) is 11.3 Å². The molecule has 8 N–H and O–H groups in total. The quantitative estimate of drug-likeness (QED) is 0.104. The van der Waals surface area contributed by atoms with E-state index < -0.39 is 31.1 Å². The minimum absolute atomic E-state index is 0.0778. The lowest BCUT2D eigenvalue weighted by Crippen LogP contribution is -2.33. The number of nitrogens with zero attached hydrogens (tertiary/aromatic N) is 2. The van der Waals surface area contributed by atoms with Gasteiger partial charge in [0.25, 0.3) is 0 Å². The van der Waals surface area contributed by atoms with E-state index in [1.165, 1.54) is 0 Å². The number of nitrogens with two attached hydrogens (primary N) is 1. The molecular formula is C25H34N6O6. The molecule has 3 aromatic rings. The third-order valence-electron chi connectivity index (χ3n) is 6.02. The summed E-state index contributed by atoms with van der Waals surface area (Å²) < 4.78 is 19.1. The molecular weight excluding hydrogens is 480 g/mol. The number of ether oxygens (including phenoxy) is 3. The van der Waals surface area contributed by atoms with Crippen LogP contribution < -0.4 is 25.8 Å². The molecule has 1 aromatic heterocycles. The zero-order valence-electron chi connectivity index (χ0n) is 20.6. The first-order chi connectivity index (χ1) is 17.9. The molecule has 2 aromatic carbocycles. The third kappa shape index (κ3) is 6.05. The van der Waals surface area contributed by atoms with Crippen LogP contribution in [0.1, 0.15) is 25.1 Å². The zero-order valence-corrected chi connectivity index (χ0v) is 20.6. The number of nitrogens with one attached hydrogen (secondary N) is 3. The number of hydrogen-bond donors (Lipinski definition) is 7. The van der Waals surface area contributed by atoms with Crippen LogP contribution in [-0.4, -0.2) is 75.5 Å². The predicted molar refractivity (Wildman–Crippen MR) is 138 cm³/mol. The number of aliphatic hydroxyl groups is 3. The van der Waals surface area contributed by atoms with Gasteiger partial charge >= 0.3 is 0 Å². The van der Waals surface area contributed by atoms with Crippen molar-refractivity contribution in [1.29, 1.82) is 5.41 Å². The summed E-state index contributed by atoms with van der Waals surface area (Å²) in [5.41, 5.74) is 7.62. The summed E-state index contributed by atoms with van der Waals surface area (Å²) in [5.74, 6) is 1.60. The van der Waals surface area contributed by atoms with E-state index in [-0.39, 0.29) is 5.96 Å². The van der Waals surface area contributed by atoms with Gasteiger partial charge in [-0.15, -0.1) is 0 Å². The monoisotopic (exact) mass is 514 g/mol. The number of benzene rings is 2. The van der Waals surface area contributed by atoms with Crippen molar-refractivity contribution in [3.8, 4) is 11.5 Å². The zero-order chi connectivity index (χ0) is 26.4. The molecule has 1 aliphatic heterocycles. The van der Waals surface area contributed by atoms with Crippen LogP contribution in [0.25, 0.3) is 11.0 Å². The lowest BCUT2D eigenvalue weighted by atomic mass is 10.1. The van der Waals surface area contributed by atoms with Crippen molar-refractivity contribution in [3.63, 3.8) is 0 Å². The lowest BCUT2D eigenvalue weighted by Gasteiger charge is -2.20. The van der Waals surface area contributed by atoms with Gasteiger partial charge < -0.3 is 45.9 Å². The Morgan fingerprint density at radius 1 is 1.16 bits per heavy atom. The molecule has 37 heavy (non-hydrogen) atoms. The van der Waals surface area contributed by atoms with Crippen LogP contribution in [0.5, 0.6) is 11.5 Å². The summed E-state index contributed by atoms with van der Waals surface area (Å²) >= 11 is 0. The van der Waals surface area contributed by atoms with Gasteiger partial charge in [-0.05, 0) is 43.2 Å². The summed E-state index contributed by atoms with van der Waals surface area (Å²) in [5, 5.41) is 43.7. The molecule has 12 heteroatoms. The molecule has 0 amide bonds. The molecule has 1 fully saturated rings. The molecule has 2 heterocycles. The number of guanidine groups is 1. The van der Waals surface area contributed by atoms with E-state index in [9.17, 15) is 15.3 Å².